The van der Waals surface area contributed by atoms with E-state index in [2.05, 4.69) is 0 Å². The molecule has 0 saturated heterocycles. The van der Waals surface area contributed by atoms with Crippen molar-refractivity contribution < 1.29 is 19.0 Å². The molecule has 2 aromatic carbocycles. The molecule has 0 fully saturated rings. The highest BCUT2D eigenvalue weighted by Crippen LogP contribution is 2.30. The van der Waals surface area contributed by atoms with Gasteiger partial charge in [-0.2, -0.15) is 0 Å². The maximum atomic E-state index is 14.2. The molecule has 3 nitrogen and oxygen atoms in total. The van der Waals surface area contributed by atoms with Crippen LogP contribution in [0.2, 0.25) is 0 Å². The molecule has 0 radical (unpaired) electrons. The Balaban J connectivity index is 2.49. The molecule has 0 saturated carbocycles. The Morgan fingerprint density at radius 1 is 1.25 bits per heavy atom. The number of methoxy groups -OCH3 is 1. The molecule has 0 spiro atoms. The van der Waals surface area contributed by atoms with Gasteiger partial charge in [-0.05, 0) is 24.1 Å². The minimum atomic E-state index is -0.909. The second-order valence-corrected chi connectivity index (χ2v) is 4.51. The second-order valence-electron chi connectivity index (χ2n) is 4.51. The number of aliphatic carboxylic acids is 1. The average Bonchev–Trinajstić information content (AvgIpc) is 2.46. The van der Waals surface area contributed by atoms with Gasteiger partial charge < -0.3 is 9.84 Å². The number of benzene rings is 2. The quantitative estimate of drug-likeness (QED) is 0.924. The first-order valence-corrected chi connectivity index (χ1v) is 6.20. The largest absolute Gasteiger partial charge is 0.494 e. The lowest BCUT2D eigenvalue weighted by atomic mass is 9.96. The van der Waals surface area contributed by atoms with Crippen LogP contribution in [0.15, 0.2) is 42.5 Å². The number of halogens is 1. The first-order valence-electron chi connectivity index (χ1n) is 6.20. The SMILES string of the molecule is COc1cccc(-c2cccc(C(C)C(=O)O)c2)c1F. The molecule has 0 aliphatic heterocycles. The normalized spacial score (nSPS) is 11.9. The zero-order chi connectivity index (χ0) is 14.7. The van der Waals surface area contributed by atoms with E-state index in [0.29, 0.717) is 16.7 Å². The van der Waals surface area contributed by atoms with Crippen molar-refractivity contribution in [3.05, 3.63) is 53.8 Å². The predicted octanol–water partition coefficient (Wildman–Crippen LogP) is 3.69. The number of carboxylic acids is 1. The molecule has 104 valence electrons. The van der Waals surface area contributed by atoms with Gasteiger partial charge in [-0.3, -0.25) is 4.79 Å². The first kappa shape index (κ1) is 14.1. The molecular weight excluding hydrogens is 259 g/mol. The molecule has 0 amide bonds. The minimum absolute atomic E-state index is 0.166. The molecule has 4 heteroatoms. The zero-order valence-corrected chi connectivity index (χ0v) is 11.3. The summed E-state index contributed by atoms with van der Waals surface area (Å²) in [6, 6.07) is 11.8. The van der Waals surface area contributed by atoms with Crippen LogP contribution in [-0.4, -0.2) is 18.2 Å². The lowest BCUT2D eigenvalue weighted by molar-refractivity contribution is -0.138. The van der Waals surface area contributed by atoms with Crippen LogP contribution < -0.4 is 4.74 Å². The van der Waals surface area contributed by atoms with Crippen molar-refractivity contribution >= 4 is 5.97 Å². The molecule has 0 aromatic heterocycles. The highest BCUT2D eigenvalue weighted by atomic mass is 19.1. The first-order chi connectivity index (χ1) is 9.54. The van der Waals surface area contributed by atoms with Crippen LogP contribution in [0.25, 0.3) is 11.1 Å². The smallest absolute Gasteiger partial charge is 0.310 e. The fourth-order valence-corrected chi connectivity index (χ4v) is 2.01. The molecule has 0 bridgehead atoms. The van der Waals surface area contributed by atoms with Gasteiger partial charge in [0.25, 0.3) is 0 Å². The molecule has 0 aliphatic carbocycles. The summed E-state index contributed by atoms with van der Waals surface area (Å²) >= 11 is 0. The van der Waals surface area contributed by atoms with Gasteiger partial charge in [0, 0.05) is 5.56 Å². The molecular formula is C16H15FO3. The minimum Gasteiger partial charge on any atom is -0.494 e. The van der Waals surface area contributed by atoms with Crippen LogP contribution in [0.3, 0.4) is 0 Å². The van der Waals surface area contributed by atoms with E-state index in [0.717, 1.165) is 0 Å². The topological polar surface area (TPSA) is 46.5 Å². The highest BCUT2D eigenvalue weighted by molar-refractivity contribution is 5.77. The summed E-state index contributed by atoms with van der Waals surface area (Å²) in [5.74, 6) is -1.83. The van der Waals surface area contributed by atoms with Crippen LogP contribution in [0.1, 0.15) is 18.4 Å². The summed E-state index contributed by atoms with van der Waals surface area (Å²) in [4.78, 5) is 11.0. The van der Waals surface area contributed by atoms with Gasteiger partial charge >= 0.3 is 5.97 Å². The lowest BCUT2D eigenvalue weighted by Gasteiger charge is -2.11. The molecule has 20 heavy (non-hydrogen) atoms. The van der Waals surface area contributed by atoms with E-state index in [1.165, 1.54) is 7.11 Å². The van der Waals surface area contributed by atoms with Crippen molar-refractivity contribution in [2.75, 3.05) is 7.11 Å². The summed E-state index contributed by atoms with van der Waals surface area (Å²) in [5.41, 5.74) is 1.66. The maximum Gasteiger partial charge on any atom is 0.310 e. The van der Waals surface area contributed by atoms with Crippen LogP contribution in [0, 0.1) is 5.82 Å². The molecule has 0 heterocycles. The van der Waals surface area contributed by atoms with Crippen molar-refractivity contribution in [1.82, 2.24) is 0 Å². The second kappa shape index (κ2) is 5.74. The molecule has 1 atom stereocenters. The van der Waals surface area contributed by atoms with Gasteiger partial charge in [0.05, 0.1) is 13.0 Å². The third kappa shape index (κ3) is 2.64. The van der Waals surface area contributed by atoms with Crippen molar-refractivity contribution in [3.8, 4) is 16.9 Å². The Morgan fingerprint density at radius 2 is 1.95 bits per heavy atom. The molecule has 2 rings (SSSR count). The Labute approximate surface area is 116 Å². The number of hydrogen-bond acceptors (Lipinski definition) is 2. The standard InChI is InChI=1S/C16H15FO3/c1-10(16(18)19)11-5-3-6-12(9-11)13-7-4-8-14(20-2)15(13)17/h3-10H,1-2H3,(H,18,19). The summed E-state index contributed by atoms with van der Waals surface area (Å²) in [7, 11) is 1.41. The molecule has 1 N–H and O–H groups in total. The van der Waals surface area contributed by atoms with Gasteiger partial charge in [0.2, 0.25) is 0 Å². The fraction of sp³-hybridized carbons (Fsp3) is 0.188. The molecule has 1 unspecified atom stereocenters. The van der Waals surface area contributed by atoms with Gasteiger partial charge in [0.1, 0.15) is 0 Å². The predicted molar refractivity (Wildman–Crippen MR) is 74.4 cm³/mol. The summed E-state index contributed by atoms with van der Waals surface area (Å²) in [6.45, 7) is 1.60. The van der Waals surface area contributed by atoms with Crippen LogP contribution in [-0.2, 0) is 4.79 Å². The summed E-state index contributed by atoms with van der Waals surface area (Å²) in [6.07, 6.45) is 0. The van der Waals surface area contributed by atoms with Gasteiger partial charge in [-0.1, -0.05) is 36.4 Å². The van der Waals surface area contributed by atoms with Crippen molar-refractivity contribution in [1.29, 1.82) is 0 Å². The van der Waals surface area contributed by atoms with Crippen molar-refractivity contribution in [2.45, 2.75) is 12.8 Å². The monoisotopic (exact) mass is 274 g/mol. The van der Waals surface area contributed by atoms with Gasteiger partial charge in [-0.25, -0.2) is 4.39 Å². The Morgan fingerprint density at radius 3 is 2.60 bits per heavy atom. The summed E-state index contributed by atoms with van der Waals surface area (Å²) < 4.78 is 19.2. The number of hydrogen-bond donors (Lipinski definition) is 1. The summed E-state index contributed by atoms with van der Waals surface area (Å²) in [5, 5.41) is 9.04. The third-order valence-corrected chi connectivity index (χ3v) is 3.25. The van der Waals surface area contributed by atoms with E-state index in [1.807, 2.05) is 0 Å². The van der Waals surface area contributed by atoms with Crippen LogP contribution >= 0.6 is 0 Å². The Kier molecular flexibility index (Phi) is 4.03. The molecule has 0 aliphatic rings. The van der Waals surface area contributed by atoms with Gasteiger partial charge in [-0.15, -0.1) is 0 Å². The number of carbonyl (C=O) groups is 1. The van der Waals surface area contributed by atoms with E-state index in [9.17, 15) is 9.18 Å². The number of ether oxygens (including phenoxy) is 1. The lowest BCUT2D eigenvalue weighted by Crippen LogP contribution is -2.07. The van der Waals surface area contributed by atoms with Crippen LogP contribution in [0.4, 0.5) is 4.39 Å². The Bertz CT molecular complexity index is 637. The van der Waals surface area contributed by atoms with E-state index in [1.54, 1.807) is 49.4 Å². The Hall–Kier alpha value is -2.36. The average molecular weight is 274 g/mol. The van der Waals surface area contributed by atoms with Gasteiger partial charge in [0.15, 0.2) is 11.6 Å². The van der Waals surface area contributed by atoms with E-state index >= 15 is 0 Å². The van der Waals surface area contributed by atoms with E-state index in [4.69, 9.17) is 9.84 Å². The fourth-order valence-electron chi connectivity index (χ4n) is 2.01. The maximum absolute atomic E-state index is 14.2. The van der Waals surface area contributed by atoms with Crippen LogP contribution in [0.5, 0.6) is 5.75 Å². The van der Waals surface area contributed by atoms with E-state index in [-0.39, 0.29) is 5.75 Å². The zero-order valence-electron chi connectivity index (χ0n) is 11.3. The highest BCUT2D eigenvalue weighted by Gasteiger charge is 2.16. The number of carboxylic acid groups (broad SMARTS) is 1. The van der Waals surface area contributed by atoms with E-state index < -0.39 is 17.7 Å². The third-order valence-electron chi connectivity index (χ3n) is 3.25. The number of rotatable bonds is 4. The van der Waals surface area contributed by atoms with Crippen molar-refractivity contribution in [3.63, 3.8) is 0 Å². The van der Waals surface area contributed by atoms with Crippen molar-refractivity contribution in [2.24, 2.45) is 0 Å². The molecule has 2 aromatic rings.